The number of carbonyl (C=O) groups is 2. The van der Waals surface area contributed by atoms with Crippen molar-refractivity contribution in [2.24, 2.45) is 0 Å². The van der Waals surface area contributed by atoms with E-state index in [1.165, 1.54) is 6.08 Å². The molecule has 3 aromatic rings. The number of thiocarbonyl (C=S) groups is 1. The normalized spacial score (nSPS) is 13.7. The number of benzene rings is 2. The minimum Gasteiger partial charge on any atom is -0.465 e. The number of hydrogen-bond donors (Lipinski definition) is 2. The Morgan fingerprint density at radius 3 is 2.38 bits per heavy atom. The maximum atomic E-state index is 12.8. The number of rotatable bonds is 5. The Morgan fingerprint density at radius 1 is 0.971 bits per heavy atom. The summed E-state index contributed by atoms with van der Waals surface area (Å²) in [5, 5.41) is 5.83. The van der Waals surface area contributed by atoms with Crippen LogP contribution < -0.4 is 15.5 Å². The predicted molar refractivity (Wildman–Crippen MR) is 138 cm³/mol. The van der Waals surface area contributed by atoms with E-state index in [1.807, 2.05) is 60.4 Å². The number of nitrogens with zero attached hydrogens (tertiary/aromatic N) is 2. The van der Waals surface area contributed by atoms with Crippen LogP contribution in [0.3, 0.4) is 0 Å². The summed E-state index contributed by atoms with van der Waals surface area (Å²) in [5.41, 5.74) is 3.62. The standard InChI is InChI=1S/C26H26N4O3S/c1-19-5-2-3-7-23(19)25(32)30-16-14-29(15-17-30)21-10-8-20(9-11-21)27-26(34)28-24(31)13-12-22-6-4-18-33-22/h2-13,18H,14-17H2,1H3,(H2,27,28,31,34)/b13-12+. The molecule has 0 radical (unpaired) electrons. The molecule has 2 amide bonds. The van der Waals surface area contributed by atoms with E-state index in [1.54, 1.807) is 24.5 Å². The second-order valence-electron chi connectivity index (χ2n) is 7.93. The van der Waals surface area contributed by atoms with E-state index in [-0.39, 0.29) is 16.9 Å². The summed E-state index contributed by atoms with van der Waals surface area (Å²) in [7, 11) is 0. The third-order valence-electron chi connectivity index (χ3n) is 5.61. The average Bonchev–Trinajstić information content (AvgIpc) is 3.37. The van der Waals surface area contributed by atoms with Crippen molar-refractivity contribution in [3.63, 3.8) is 0 Å². The number of anilines is 2. The van der Waals surface area contributed by atoms with Gasteiger partial charge in [-0.15, -0.1) is 0 Å². The molecule has 34 heavy (non-hydrogen) atoms. The summed E-state index contributed by atoms with van der Waals surface area (Å²) in [6, 6.07) is 19.0. The average molecular weight is 475 g/mol. The van der Waals surface area contributed by atoms with E-state index in [0.717, 1.165) is 35.6 Å². The van der Waals surface area contributed by atoms with Crippen LogP contribution in [0.2, 0.25) is 0 Å². The lowest BCUT2D eigenvalue weighted by Crippen LogP contribution is -2.48. The zero-order chi connectivity index (χ0) is 23.9. The Kier molecular flexibility index (Phi) is 7.39. The molecule has 1 aliphatic heterocycles. The van der Waals surface area contributed by atoms with Crippen LogP contribution in [0.15, 0.2) is 77.4 Å². The van der Waals surface area contributed by atoms with Crippen LogP contribution in [-0.2, 0) is 4.79 Å². The molecule has 0 saturated carbocycles. The van der Waals surface area contributed by atoms with Crippen LogP contribution in [0, 0.1) is 6.92 Å². The Bertz CT molecular complexity index is 1180. The van der Waals surface area contributed by atoms with E-state index >= 15 is 0 Å². The van der Waals surface area contributed by atoms with Crippen molar-refractivity contribution in [2.45, 2.75) is 6.92 Å². The zero-order valence-electron chi connectivity index (χ0n) is 18.9. The van der Waals surface area contributed by atoms with Crippen LogP contribution in [0.25, 0.3) is 6.08 Å². The number of hydrogen-bond acceptors (Lipinski definition) is 5. The SMILES string of the molecule is Cc1ccccc1C(=O)N1CCN(c2ccc(NC(=S)NC(=O)/C=C/c3ccco3)cc2)CC1. The molecular formula is C26H26N4O3S. The van der Waals surface area contributed by atoms with Gasteiger partial charge in [-0.05, 0) is 73.2 Å². The maximum Gasteiger partial charge on any atom is 0.254 e. The Balaban J connectivity index is 1.26. The predicted octanol–water partition coefficient (Wildman–Crippen LogP) is 4.08. The quantitative estimate of drug-likeness (QED) is 0.429. The number of piperazine rings is 1. The monoisotopic (exact) mass is 474 g/mol. The van der Waals surface area contributed by atoms with Gasteiger partial charge >= 0.3 is 0 Å². The van der Waals surface area contributed by atoms with Crippen molar-refractivity contribution in [3.05, 3.63) is 89.9 Å². The molecule has 0 aliphatic carbocycles. The molecule has 1 aromatic heterocycles. The first kappa shape index (κ1) is 23.3. The van der Waals surface area contributed by atoms with E-state index in [0.29, 0.717) is 18.8 Å². The molecule has 2 N–H and O–H groups in total. The fourth-order valence-corrected chi connectivity index (χ4v) is 3.98. The first-order chi connectivity index (χ1) is 16.5. The van der Waals surface area contributed by atoms with Gasteiger partial charge < -0.3 is 19.5 Å². The molecule has 2 heterocycles. The van der Waals surface area contributed by atoms with Gasteiger partial charge in [-0.25, -0.2) is 0 Å². The highest BCUT2D eigenvalue weighted by atomic mass is 32.1. The summed E-state index contributed by atoms with van der Waals surface area (Å²) in [5.74, 6) is 0.334. The van der Waals surface area contributed by atoms with Crippen molar-refractivity contribution in [3.8, 4) is 0 Å². The fraction of sp³-hybridized carbons (Fsp3) is 0.192. The molecule has 2 aromatic carbocycles. The molecule has 0 spiro atoms. The zero-order valence-corrected chi connectivity index (χ0v) is 19.7. The summed E-state index contributed by atoms with van der Waals surface area (Å²) in [6.45, 7) is 4.85. The van der Waals surface area contributed by atoms with Crippen molar-refractivity contribution in [1.82, 2.24) is 10.2 Å². The number of nitrogens with one attached hydrogen (secondary N) is 2. The third-order valence-corrected chi connectivity index (χ3v) is 5.82. The van der Waals surface area contributed by atoms with Crippen LogP contribution in [0.5, 0.6) is 0 Å². The van der Waals surface area contributed by atoms with Gasteiger partial charge in [0.1, 0.15) is 5.76 Å². The molecule has 174 valence electrons. The van der Waals surface area contributed by atoms with Gasteiger partial charge in [-0.2, -0.15) is 0 Å². The van der Waals surface area contributed by atoms with E-state index < -0.39 is 0 Å². The van der Waals surface area contributed by atoms with Crippen LogP contribution in [-0.4, -0.2) is 48.0 Å². The second kappa shape index (κ2) is 10.8. The molecule has 1 fully saturated rings. The fourth-order valence-electron chi connectivity index (χ4n) is 3.77. The van der Waals surface area contributed by atoms with Crippen molar-refractivity contribution < 1.29 is 14.0 Å². The van der Waals surface area contributed by atoms with Crippen molar-refractivity contribution >= 4 is 46.6 Å². The lowest BCUT2D eigenvalue weighted by molar-refractivity contribution is -0.115. The molecule has 8 heteroatoms. The molecule has 4 rings (SSSR count). The molecule has 0 unspecified atom stereocenters. The third kappa shape index (κ3) is 5.90. The molecule has 1 saturated heterocycles. The maximum absolute atomic E-state index is 12.8. The van der Waals surface area contributed by atoms with Gasteiger partial charge in [-0.1, -0.05) is 18.2 Å². The number of amides is 2. The van der Waals surface area contributed by atoms with Gasteiger partial charge in [0.2, 0.25) is 5.91 Å². The Hall–Kier alpha value is -3.91. The summed E-state index contributed by atoms with van der Waals surface area (Å²) in [6.07, 6.45) is 4.47. The number of aryl methyl sites for hydroxylation is 1. The van der Waals surface area contributed by atoms with E-state index in [4.69, 9.17) is 16.6 Å². The lowest BCUT2D eigenvalue weighted by Gasteiger charge is -2.36. The van der Waals surface area contributed by atoms with Crippen molar-refractivity contribution in [2.75, 3.05) is 36.4 Å². The molecule has 0 atom stereocenters. The Labute approximate surface area is 204 Å². The van der Waals surface area contributed by atoms with Crippen LogP contribution >= 0.6 is 12.2 Å². The lowest BCUT2D eigenvalue weighted by atomic mass is 10.1. The first-order valence-electron chi connectivity index (χ1n) is 11.0. The largest absolute Gasteiger partial charge is 0.465 e. The highest BCUT2D eigenvalue weighted by Gasteiger charge is 2.23. The molecule has 1 aliphatic rings. The number of carbonyl (C=O) groups excluding carboxylic acids is 2. The van der Waals surface area contributed by atoms with Crippen molar-refractivity contribution in [1.29, 1.82) is 0 Å². The topological polar surface area (TPSA) is 77.8 Å². The molecule has 0 bridgehead atoms. The Morgan fingerprint density at radius 2 is 1.71 bits per heavy atom. The first-order valence-corrected chi connectivity index (χ1v) is 11.4. The van der Waals surface area contributed by atoms with Gasteiger partial charge in [0.25, 0.3) is 5.91 Å². The molecule has 7 nitrogen and oxygen atoms in total. The van der Waals surface area contributed by atoms with Gasteiger partial charge in [-0.3, -0.25) is 14.9 Å². The van der Waals surface area contributed by atoms with E-state index in [9.17, 15) is 9.59 Å². The van der Waals surface area contributed by atoms with Gasteiger partial charge in [0.15, 0.2) is 5.11 Å². The molecular weight excluding hydrogens is 448 g/mol. The minimum atomic E-state index is -0.344. The summed E-state index contributed by atoms with van der Waals surface area (Å²) in [4.78, 5) is 29.0. The van der Waals surface area contributed by atoms with Gasteiger partial charge in [0.05, 0.1) is 6.26 Å². The minimum absolute atomic E-state index is 0.0897. The van der Waals surface area contributed by atoms with E-state index in [2.05, 4.69) is 15.5 Å². The summed E-state index contributed by atoms with van der Waals surface area (Å²) >= 11 is 5.22. The van der Waals surface area contributed by atoms with Crippen LogP contribution in [0.1, 0.15) is 21.7 Å². The second-order valence-corrected chi connectivity index (χ2v) is 8.34. The van der Waals surface area contributed by atoms with Gasteiger partial charge in [0, 0.05) is 49.2 Å². The highest BCUT2D eigenvalue weighted by molar-refractivity contribution is 7.80. The highest BCUT2D eigenvalue weighted by Crippen LogP contribution is 2.21. The smallest absolute Gasteiger partial charge is 0.254 e. The van der Waals surface area contributed by atoms with Crippen LogP contribution in [0.4, 0.5) is 11.4 Å². The summed E-state index contributed by atoms with van der Waals surface area (Å²) < 4.78 is 5.15. The number of furan rings is 1.